The summed E-state index contributed by atoms with van der Waals surface area (Å²) in [5, 5.41) is 3.46. The van der Waals surface area contributed by atoms with Crippen molar-refractivity contribution in [3.05, 3.63) is 35.4 Å². The minimum Gasteiger partial charge on any atom is -0.310 e. The molecule has 1 aliphatic rings. The Morgan fingerprint density at radius 1 is 1.10 bits per heavy atom. The van der Waals surface area contributed by atoms with Crippen molar-refractivity contribution >= 4 is 0 Å². The van der Waals surface area contributed by atoms with Gasteiger partial charge in [-0.1, -0.05) is 51.5 Å². The van der Waals surface area contributed by atoms with E-state index >= 15 is 0 Å². The molecule has 2 nitrogen and oxygen atoms in total. The molecular weight excluding hydrogens is 244 g/mol. The molecule has 1 aliphatic heterocycles. The Hall–Kier alpha value is -0.860. The third-order valence-corrected chi connectivity index (χ3v) is 4.43. The van der Waals surface area contributed by atoms with E-state index in [1.165, 1.54) is 43.5 Å². The molecule has 0 saturated carbocycles. The number of nitrogens with zero attached hydrogens (tertiary/aromatic N) is 1. The van der Waals surface area contributed by atoms with Crippen LogP contribution in [0.15, 0.2) is 24.3 Å². The van der Waals surface area contributed by atoms with Gasteiger partial charge >= 0.3 is 0 Å². The van der Waals surface area contributed by atoms with E-state index in [-0.39, 0.29) is 0 Å². The Kier molecular flexibility index (Phi) is 6.06. The maximum Gasteiger partial charge on any atom is 0.0233 e. The maximum atomic E-state index is 3.46. The van der Waals surface area contributed by atoms with Crippen molar-refractivity contribution in [1.29, 1.82) is 0 Å². The molecule has 2 heteroatoms. The molecule has 20 heavy (non-hydrogen) atoms. The largest absolute Gasteiger partial charge is 0.310 e. The normalized spacial score (nSPS) is 17.8. The van der Waals surface area contributed by atoms with Crippen molar-refractivity contribution in [3.63, 3.8) is 0 Å². The number of hydrogen-bond acceptors (Lipinski definition) is 2. The van der Waals surface area contributed by atoms with E-state index < -0.39 is 0 Å². The van der Waals surface area contributed by atoms with Crippen LogP contribution in [0.1, 0.15) is 51.2 Å². The summed E-state index contributed by atoms with van der Waals surface area (Å²) in [6.45, 7) is 11.3. The van der Waals surface area contributed by atoms with Crippen LogP contribution in [0, 0.1) is 5.92 Å². The summed E-state index contributed by atoms with van der Waals surface area (Å²) in [5.41, 5.74) is 2.83. The van der Waals surface area contributed by atoms with Gasteiger partial charge in [0, 0.05) is 19.1 Å². The van der Waals surface area contributed by atoms with Gasteiger partial charge in [0.15, 0.2) is 0 Å². The van der Waals surface area contributed by atoms with Crippen molar-refractivity contribution in [1.82, 2.24) is 10.2 Å². The Bertz CT molecular complexity index is 375. The molecule has 0 spiro atoms. The molecule has 0 bridgehead atoms. The second-order valence-corrected chi connectivity index (χ2v) is 6.48. The molecule has 1 fully saturated rings. The van der Waals surface area contributed by atoms with Gasteiger partial charge in [-0.15, -0.1) is 0 Å². The van der Waals surface area contributed by atoms with Gasteiger partial charge in [-0.25, -0.2) is 0 Å². The highest BCUT2D eigenvalue weighted by Gasteiger charge is 2.17. The number of rotatable bonds is 6. The molecule has 112 valence electrons. The maximum absolute atomic E-state index is 3.46. The van der Waals surface area contributed by atoms with Crippen LogP contribution in [-0.4, -0.2) is 24.0 Å². The van der Waals surface area contributed by atoms with Gasteiger partial charge < -0.3 is 5.32 Å². The SMILES string of the molecule is CCC1CCN(Cc2ccc(CNC(C)C)cc2)CC1. The molecule has 2 rings (SSSR count). The molecule has 0 aliphatic carbocycles. The molecule has 1 aromatic rings. The van der Waals surface area contributed by atoms with E-state index in [0.717, 1.165) is 19.0 Å². The molecular formula is C18H30N2. The van der Waals surface area contributed by atoms with Crippen molar-refractivity contribution < 1.29 is 0 Å². The van der Waals surface area contributed by atoms with E-state index in [4.69, 9.17) is 0 Å². The van der Waals surface area contributed by atoms with E-state index in [0.29, 0.717) is 6.04 Å². The van der Waals surface area contributed by atoms with Crippen LogP contribution in [0.2, 0.25) is 0 Å². The van der Waals surface area contributed by atoms with Crippen LogP contribution in [-0.2, 0) is 13.1 Å². The lowest BCUT2D eigenvalue weighted by Gasteiger charge is -2.31. The predicted octanol–water partition coefficient (Wildman–Crippen LogP) is 3.81. The molecule has 1 N–H and O–H groups in total. The third-order valence-electron chi connectivity index (χ3n) is 4.43. The minimum atomic E-state index is 0.550. The molecule has 1 saturated heterocycles. The summed E-state index contributed by atoms with van der Waals surface area (Å²) in [6.07, 6.45) is 4.12. The third kappa shape index (κ3) is 4.92. The zero-order valence-electron chi connectivity index (χ0n) is 13.4. The average molecular weight is 274 g/mol. The van der Waals surface area contributed by atoms with Gasteiger partial charge in [-0.05, 0) is 43.0 Å². The zero-order chi connectivity index (χ0) is 14.4. The Labute approximate surface area is 124 Å². The first-order valence-corrected chi connectivity index (χ1v) is 8.21. The lowest BCUT2D eigenvalue weighted by Crippen LogP contribution is -2.33. The van der Waals surface area contributed by atoms with Crippen molar-refractivity contribution in [2.45, 2.75) is 59.2 Å². The lowest BCUT2D eigenvalue weighted by atomic mass is 9.94. The van der Waals surface area contributed by atoms with Gasteiger partial charge in [0.2, 0.25) is 0 Å². The Balaban J connectivity index is 1.79. The van der Waals surface area contributed by atoms with Crippen molar-refractivity contribution in [2.75, 3.05) is 13.1 Å². The van der Waals surface area contributed by atoms with Crippen LogP contribution in [0.25, 0.3) is 0 Å². The highest BCUT2D eigenvalue weighted by Crippen LogP contribution is 2.21. The standard InChI is InChI=1S/C18H30N2/c1-4-16-9-11-20(12-10-16)14-18-7-5-17(6-8-18)13-19-15(2)3/h5-8,15-16,19H,4,9-14H2,1-3H3. The Morgan fingerprint density at radius 3 is 2.25 bits per heavy atom. The Morgan fingerprint density at radius 2 is 1.70 bits per heavy atom. The van der Waals surface area contributed by atoms with Gasteiger partial charge in [-0.2, -0.15) is 0 Å². The summed E-state index contributed by atoms with van der Waals surface area (Å²) in [7, 11) is 0. The number of hydrogen-bond donors (Lipinski definition) is 1. The molecule has 0 aromatic heterocycles. The average Bonchev–Trinajstić information content (AvgIpc) is 2.47. The van der Waals surface area contributed by atoms with Gasteiger partial charge in [-0.3, -0.25) is 4.90 Å². The topological polar surface area (TPSA) is 15.3 Å². The van der Waals surface area contributed by atoms with Crippen molar-refractivity contribution in [3.8, 4) is 0 Å². The predicted molar refractivity (Wildman–Crippen MR) is 86.7 cm³/mol. The molecule has 0 amide bonds. The smallest absolute Gasteiger partial charge is 0.0233 e. The van der Waals surface area contributed by atoms with E-state index in [9.17, 15) is 0 Å². The van der Waals surface area contributed by atoms with Gasteiger partial charge in [0.25, 0.3) is 0 Å². The first-order chi connectivity index (χ1) is 9.67. The van der Waals surface area contributed by atoms with Crippen LogP contribution < -0.4 is 5.32 Å². The zero-order valence-corrected chi connectivity index (χ0v) is 13.4. The molecule has 0 atom stereocenters. The van der Waals surface area contributed by atoms with Crippen LogP contribution in [0.4, 0.5) is 0 Å². The second-order valence-electron chi connectivity index (χ2n) is 6.48. The van der Waals surface area contributed by atoms with Crippen molar-refractivity contribution in [2.24, 2.45) is 5.92 Å². The highest BCUT2D eigenvalue weighted by molar-refractivity contribution is 5.22. The number of nitrogens with one attached hydrogen (secondary N) is 1. The number of benzene rings is 1. The fraction of sp³-hybridized carbons (Fsp3) is 0.667. The summed E-state index contributed by atoms with van der Waals surface area (Å²) in [6, 6.07) is 9.68. The van der Waals surface area contributed by atoms with Crippen LogP contribution in [0.3, 0.4) is 0 Å². The van der Waals surface area contributed by atoms with Crippen LogP contribution in [0.5, 0.6) is 0 Å². The summed E-state index contributed by atoms with van der Waals surface area (Å²) in [4.78, 5) is 2.60. The summed E-state index contributed by atoms with van der Waals surface area (Å²) < 4.78 is 0. The van der Waals surface area contributed by atoms with Crippen LogP contribution >= 0.6 is 0 Å². The fourth-order valence-corrected chi connectivity index (χ4v) is 2.90. The van der Waals surface area contributed by atoms with Gasteiger partial charge in [0.05, 0.1) is 0 Å². The van der Waals surface area contributed by atoms with E-state index in [1.807, 2.05) is 0 Å². The first kappa shape index (κ1) is 15.5. The minimum absolute atomic E-state index is 0.550. The second kappa shape index (κ2) is 7.80. The molecule has 1 aromatic carbocycles. The van der Waals surface area contributed by atoms with E-state index in [1.54, 1.807) is 0 Å². The highest BCUT2D eigenvalue weighted by atomic mass is 15.1. The molecule has 1 heterocycles. The van der Waals surface area contributed by atoms with E-state index in [2.05, 4.69) is 55.3 Å². The number of likely N-dealkylation sites (tertiary alicyclic amines) is 1. The van der Waals surface area contributed by atoms with Gasteiger partial charge in [0.1, 0.15) is 0 Å². The quantitative estimate of drug-likeness (QED) is 0.848. The molecule has 0 unspecified atom stereocenters. The lowest BCUT2D eigenvalue weighted by molar-refractivity contribution is 0.175. The number of piperidine rings is 1. The molecule has 0 radical (unpaired) electrons. The first-order valence-electron chi connectivity index (χ1n) is 8.21. The monoisotopic (exact) mass is 274 g/mol. The summed E-state index contributed by atoms with van der Waals surface area (Å²) >= 11 is 0. The fourth-order valence-electron chi connectivity index (χ4n) is 2.90. The summed E-state index contributed by atoms with van der Waals surface area (Å²) in [5.74, 6) is 0.968.